The molecule has 1 aliphatic carbocycles. The lowest BCUT2D eigenvalue weighted by molar-refractivity contribution is -0.137. The van der Waals surface area contributed by atoms with Gasteiger partial charge in [0.1, 0.15) is 6.54 Å². The van der Waals surface area contributed by atoms with Gasteiger partial charge in [0.25, 0.3) is 0 Å². The number of likely N-dealkylation sites (tertiary alicyclic amines) is 1. The maximum atomic E-state index is 12.0. The van der Waals surface area contributed by atoms with Crippen LogP contribution in [0.5, 0.6) is 0 Å². The fourth-order valence-corrected chi connectivity index (χ4v) is 3.31. The normalized spacial score (nSPS) is 22.2. The van der Waals surface area contributed by atoms with Crippen LogP contribution >= 0.6 is 0 Å². The summed E-state index contributed by atoms with van der Waals surface area (Å²) in [6.45, 7) is 1.34. The predicted molar refractivity (Wildman–Crippen MR) is 67.4 cm³/mol. The molecule has 0 aromatic rings. The molecule has 1 N–H and O–H groups in total. The Labute approximate surface area is 108 Å². The van der Waals surface area contributed by atoms with Crippen molar-refractivity contribution >= 4 is 12.0 Å². The monoisotopic (exact) mass is 254 g/mol. The van der Waals surface area contributed by atoms with Gasteiger partial charge in [0.2, 0.25) is 0 Å². The van der Waals surface area contributed by atoms with Gasteiger partial charge in [0.05, 0.1) is 0 Å². The number of carboxylic acid groups (broad SMARTS) is 1. The highest BCUT2D eigenvalue weighted by atomic mass is 16.4. The van der Waals surface area contributed by atoms with Gasteiger partial charge in [-0.2, -0.15) is 0 Å². The number of piperidine rings is 1. The van der Waals surface area contributed by atoms with Crippen LogP contribution in [0.4, 0.5) is 4.79 Å². The van der Waals surface area contributed by atoms with Crippen LogP contribution in [0.25, 0.3) is 0 Å². The van der Waals surface area contributed by atoms with E-state index in [1.807, 2.05) is 0 Å². The summed E-state index contributed by atoms with van der Waals surface area (Å²) in [7, 11) is 1.55. The smallest absolute Gasteiger partial charge is 0.323 e. The van der Waals surface area contributed by atoms with Crippen molar-refractivity contribution in [2.75, 3.05) is 26.7 Å². The van der Waals surface area contributed by atoms with Gasteiger partial charge >= 0.3 is 12.0 Å². The number of hydrogen-bond donors (Lipinski definition) is 1. The molecule has 1 spiro atoms. The van der Waals surface area contributed by atoms with Gasteiger partial charge in [-0.25, -0.2) is 4.79 Å². The minimum Gasteiger partial charge on any atom is -0.480 e. The van der Waals surface area contributed by atoms with E-state index in [0.29, 0.717) is 5.41 Å². The third-order valence-electron chi connectivity index (χ3n) is 4.46. The number of nitrogens with zero attached hydrogens (tertiary/aromatic N) is 2. The first-order valence-corrected chi connectivity index (χ1v) is 6.74. The Kier molecular flexibility index (Phi) is 3.78. The highest BCUT2D eigenvalue weighted by Crippen LogP contribution is 2.46. The van der Waals surface area contributed by atoms with Crippen LogP contribution in [-0.2, 0) is 4.79 Å². The molecule has 2 fully saturated rings. The third-order valence-corrected chi connectivity index (χ3v) is 4.46. The van der Waals surface area contributed by atoms with E-state index >= 15 is 0 Å². The predicted octanol–water partition coefficient (Wildman–Crippen LogP) is 1.78. The number of aliphatic carboxylic acids is 1. The second kappa shape index (κ2) is 5.16. The topological polar surface area (TPSA) is 60.9 Å². The Morgan fingerprint density at radius 1 is 1.17 bits per heavy atom. The number of carbonyl (C=O) groups excluding carboxylic acids is 1. The Bertz CT molecular complexity index is 327. The van der Waals surface area contributed by atoms with Crippen LogP contribution in [0.15, 0.2) is 0 Å². The molecule has 0 atom stereocenters. The van der Waals surface area contributed by atoms with E-state index in [1.165, 1.54) is 30.6 Å². The molecule has 5 heteroatoms. The molecule has 102 valence electrons. The maximum Gasteiger partial charge on any atom is 0.323 e. The summed E-state index contributed by atoms with van der Waals surface area (Å²) in [5.74, 6) is -0.963. The first-order valence-electron chi connectivity index (χ1n) is 6.74. The lowest BCUT2D eigenvalue weighted by Gasteiger charge is -2.40. The number of carbonyl (C=O) groups is 2. The minimum absolute atomic E-state index is 0.148. The molecule has 5 nitrogen and oxygen atoms in total. The number of rotatable bonds is 2. The highest BCUT2D eigenvalue weighted by molar-refractivity contribution is 5.80. The molecule has 1 saturated heterocycles. The van der Waals surface area contributed by atoms with Gasteiger partial charge in [-0.05, 0) is 31.1 Å². The molecule has 2 rings (SSSR count). The second-order valence-electron chi connectivity index (χ2n) is 5.73. The molecule has 0 unspecified atom stereocenters. The molecule has 0 aromatic heterocycles. The van der Waals surface area contributed by atoms with Crippen LogP contribution in [0, 0.1) is 5.41 Å². The molecular formula is C13H22N2O3. The quantitative estimate of drug-likeness (QED) is 0.817. The molecule has 0 aromatic carbocycles. The summed E-state index contributed by atoms with van der Waals surface area (Å²) < 4.78 is 0. The van der Waals surface area contributed by atoms with Crippen molar-refractivity contribution in [2.24, 2.45) is 5.41 Å². The van der Waals surface area contributed by atoms with E-state index in [4.69, 9.17) is 5.11 Å². The van der Waals surface area contributed by atoms with Gasteiger partial charge in [0, 0.05) is 20.1 Å². The van der Waals surface area contributed by atoms with Crippen molar-refractivity contribution in [1.29, 1.82) is 0 Å². The molecule has 2 aliphatic rings. The van der Waals surface area contributed by atoms with Crippen molar-refractivity contribution in [3.63, 3.8) is 0 Å². The Morgan fingerprint density at radius 3 is 2.22 bits per heavy atom. The minimum atomic E-state index is -0.963. The number of hydrogen-bond acceptors (Lipinski definition) is 2. The van der Waals surface area contributed by atoms with Gasteiger partial charge < -0.3 is 14.9 Å². The number of amides is 2. The van der Waals surface area contributed by atoms with E-state index in [2.05, 4.69) is 0 Å². The van der Waals surface area contributed by atoms with Crippen LogP contribution in [0.2, 0.25) is 0 Å². The maximum absolute atomic E-state index is 12.0. The standard InChI is InChI=1S/C13H22N2O3/c1-14(10-11(16)17)12(18)15-8-6-13(7-9-15)4-2-3-5-13/h2-10H2,1H3,(H,16,17). The van der Waals surface area contributed by atoms with Crippen molar-refractivity contribution in [3.8, 4) is 0 Å². The van der Waals surface area contributed by atoms with E-state index in [-0.39, 0.29) is 12.6 Å². The van der Waals surface area contributed by atoms with Gasteiger partial charge in [-0.1, -0.05) is 12.8 Å². The molecular weight excluding hydrogens is 232 g/mol. The van der Waals surface area contributed by atoms with Crippen molar-refractivity contribution < 1.29 is 14.7 Å². The SMILES string of the molecule is CN(CC(=O)O)C(=O)N1CCC2(CCCC2)CC1. The average Bonchev–Trinajstić information content (AvgIpc) is 2.77. The summed E-state index contributed by atoms with van der Waals surface area (Å²) in [6, 6.07) is -0.148. The summed E-state index contributed by atoms with van der Waals surface area (Å²) in [4.78, 5) is 25.7. The molecule has 1 saturated carbocycles. The second-order valence-corrected chi connectivity index (χ2v) is 5.73. The lowest BCUT2D eigenvalue weighted by Crippen LogP contribution is -2.48. The van der Waals surface area contributed by atoms with Crippen LogP contribution < -0.4 is 0 Å². The average molecular weight is 254 g/mol. The zero-order valence-electron chi connectivity index (χ0n) is 11.0. The van der Waals surface area contributed by atoms with Crippen molar-refractivity contribution in [1.82, 2.24) is 9.80 Å². The Balaban J connectivity index is 1.85. The lowest BCUT2D eigenvalue weighted by atomic mass is 9.77. The fourth-order valence-electron chi connectivity index (χ4n) is 3.31. The first-order chi connectivity index (χ1) is 8.52. The third kappa shape index (κ3) is 2.76. The van der Waals surface area contributed by atoms with Gasteiger partial charge in [-0.3, -0.25) is 4.79 Å². The molecule has 18 heavy (non-hydrogen) atoms. The van der Waals surface area contributed by atoms with E-state index in [0.717, 1.165) is 25.9 Å². The summed E-state index contributed by atoms with van der Waals surface area (Å²) >= 11 is 0. The van der Waals surface area contributed by atoms with E-state index in [9.17, 15) is 9.59 Å². The van der Waals surface area contributed by atoms with Gasteiger partial charge in [-0.15, -0.1) is 0 Å². The summed E-state index contributed by atoms with van der Waals surface area (Å²) in [5.41, 5.74) is 0.488. The van der Waals surface area contributed by atoms with E-state index in [1.54, 1.807) is 11.9 Å². The first kappa shape index (κ1) is 13.2. The van der Waals surface area contributed by atoms with Crippen LogP contribution in [0.3, 0.4) is 0 Å². The Morgan fingerprint density at radius 2 is 1.72 bits per heavy atom. The largest absolute Gasteiger partial charge is 0.480 e. The van der Waals surface area contributed by atoms with Crippen LogP contribution in [0.1, 0.15) is 38.5 Å². The van der Waals surface area contributed by atoms with E-state index < -0.39 is 5.97 Å². The molecule has 0 bridgehead atoms. The summed E-state index contributed by atoms with van der Waals surface area (Å²) in [5, 5.41) is 8.69. The van der Waals surface area contributed by atoms with Crippen LogP contribution in [-0.4, -0.2) is 53.6 Å². The molecule has 0 radical (unpaired) electrons. The fraction of sp³-hybridized carbons (Fsp3) is 0.846. The zero-order chi connectivity index (χ0) is 13.2. The Hall–Kier alpha value is -1.26. The number of carboxylic acids is 1. The highest BCUT2D eigenvalue weighted by Gasteiger charge is 2.38. The van der Waals surface area contributed by atoms with Gasteiger partial charge in [0.15, 0.2) is 0 Å². The number of likely N-dealkylation sites (N-methyl/N-ethyl adjacent to an activating group) is 1. The van der Waals surface area contributed by atoms with Crippen molar-refractivity contribution in [3.05, 3.63) is 0 Å². The van der Waals surface area contributed by atoms with Crippen molar-refractivity contribution in [2.45, 2.75) is 38.5 Å². The molecule has 1 heterocycles. The number of urea groups is 1. The molecule has 2 amide bonds. The zero-order valence-corrected chi connectivity index (χ0v) is 11.0. The summed E-state index contributed by atoms with van der Waals surface area (Å²) in [6.07, 6.45) is 7.43. The molecule has 1 aliphatic heterocycles.